The lowest BCUT2D eigenvalue weighted by molar-refractivity contribution is 0.283. The monoisotopic (exact) mass is 272 g/mol. The zero-order valence-corrected chi connectivity index (χ0v) is 10.3. The molecule has 3 nitrogen and oxygen atoms in total. The summed E-state index contributed by atoms with van der Waals surface area (Å²) in [6, 6.07) is 1.96. The predicted molar refractivity (Wildman–Crippen MR) is 66.0 cm³/mol. The predicted octanol–water partition coefficient (Wildman–Crippen LogP) is 2.81. The van der Waals surface area contributed by atoms with Crippen LogP contribution < -0.4 is 5.32 Å². The van der Waals surface area contributed by atoms with Crippen molar-refractivity contribution in [1.82, 2.24) is 4.98 Å². The molecule has 0 aliphatic heterocycles. The summed E-state index contributed by atoms with van der Waals surface area (Å²) in [5, 5.41) is 11.9. The van der Waals surface area contributed by atoms with Crippen LogP contribution in [0.3, 0.4) is 0 Å². The fraction of sp³-hybridized carbons (Fsp3) is 0.545. The van der Waals surface area contributed by atoms with E-state index < -0.39 is 0 Å². The standard InChI is InChI=1S/C11H17BrN2O/c12-10-9-13-7-5-11(10)14-6-3-1-2-4-8-15/h5,7,9,15H,1-4,6,8H2,(H,13,14). The van der Waals surface area contributed by atoms with Gasteiger partial charge in [-0.25, -0.2) is 0 Å². The Morgan fingerprint density at radius 3 is 2.80 bits per heavy atom. The number of nitrogens with zero attached hydrogens (tertiary/aromatic N) is 1. The van der Waals surface area contributed by atoms with Crippen LogP contribution in [0.2, 0.25) is 0 Å². The van der Waals surface area contributed by atoms with Crippen LogP contribution in [0, 0.1) is 0 Å². The molecule has 0 spiro atoms. The topological polar surface area (TPSA) is 45.1 Å². The second-order valence-electron chi connectivity index (χ2n) is 3.42. The molecule has 0 aliphatic carbocycles. The highest BCUT2D eigenvalue weighted by atomic mass is 79.9. The average molecular weight is 273 g/mol. The Morgan fingerprint density at radius 1 is 1.27 bits per heavy atom. The van der Waals surface area contributed by atoms with Gasteiger partial charge in [0.05, 0.1) is 10.2 Å². The quantitative estimate of drug-likeness (QED) is 0.751. The molecule has 15 heavy (non-hydrogen) atoms. The molecule has 0 atom stereocenters. The molecule has 0 fully saturated rings. The second kappa shape index (κ2) is 7.65. The lowest BCUT2D eigenvalue weighted by Crippen LogP contribution is -2.02. The normalized spacial score (nSPS) is 10.3. The van der Waals surface area contributed by atoms with Crippen molar-refractivity contribution in [2.75, 3.05) is 18.5 Å². The average Bonchev–Trinajstić information content (AvgIpc) is 2.25. The number of hydrogen-bond acceptors (Lipinski definition) is 3. The minimum atomic E-state index is 0.309. The highest BCUT2D eigenvalue weighted by Crippen LogP contribution is 2.19. The molecule has 4 heteroatoms. The first-order valence-electron chi connectivity index (χ1n) is 5.29. The lowest BCUT2D eigenvalue weighted by Gasteiger charge is -2.07. The third-order valence-corrected chi connectivity index (χ3v) is 2.80. The highest BCUT2D eigenvalue weighted by Gasteiger charge is 1.96. The molecule has 0 amide bonds. The maximum atomic E-state index is 8.61. The van der Waals surface area contributed by atoms with Gasteiger partial charge in [-0.3, -0.25) is 4.98 Å². The number of hydrogen-bond donors (Lipinski definition) is 2. The van der Waals surface area contributed by atoms with E-state index >= 15 is 0 Å². The first kappa shape index (κ1) is 12.5. The maximum Gasteiger partial charge on any atom is 0.0590 e. The van der Waals surface area contributed by atoms with Gasteiger partial charge in [0.15, 0.2) is 0 Å². The summed E-state index contributed by atoms with van der Waals surface area (Å²) in [5.41, 5.74) is 1.09. The van der Waals surface area contributed by atoms with Gasteiger partial charge in [0.25, 0.3) is 0 Å². The fourth-order valence-corrected chi connectivity index (χ4v) is 1.72. The van der Waals surface area contributed by atoms with Crippen LogP contribution >= 0.6 is 15.9 Å². The van der Waals surface area contributed by atoms with E-state index in [-0.39, 0.29) is 0 Å². The summed E-state index contributed by atoms with van der Waals surface area (Å²) < 4.78 is 1.00. The van der Waals surface area contributed by atoms with E-state index in [2.05, 4.69) is 26.2 Å². The molecule has 0 aromatic carbocycles. The van der Waals surface area contributed by atoms with E-state index in [9.17, 15) is 0 Å². The molecule has 0 bridgehead atoms. The SMILES string of the molecule is OCCCCCCNc1ccncc1Br. The van der Waals surface area contributed by atoms with Crippen molar-refractivity contribution >= 4 is 21.6 Å². The third-order valence-electron chi connectivity index (χ3n) is 2.17. The molecule has 0 unspecified atom stereocenters. The van der Waals surface area contributed by atoms with Crippen LogP contribution in [-0.2, 0) is 0 Å². The Bertz CT molecular complexity index is 281. The Balaban J connectivity index is 2.12. The Hall–Kier alpha value is -0.610. The number of unbranched alkanes of at least 4 members (excludes halogenated alkanes) is 3. The van der Waals surface area contributed by atoms with Crippen molar-refractivity contribution in [3.63, 3.8) is 0 Å². The molecule has 84 valence electrons. The van der Waals surface area contributed by atoms with Crippen LogP contribution in [0.25, 0.3) is 0 Å². The van der Waals surface area contributed by atoms with Gasteiger partial charge in [-0.2, -0.15) is 0 Å². The van der Waals surface area contributed by atoms with Crippen molar-refractivity contribution in [2.24, 2.45) is 0 Å². The Kier molecular flexibility index (Phi) is 6.36. The van der Waals surface area contributed by atoms with Crippen molar-refractivity contribution in [1.29, 1.82) is 0 Å². The number of rotatable bonds is 7. The van der Waals surface area contributed by atoms with E-state index in [0.29, 0.717) is 6.61 Å². The number of pyridine rings is 1. The van der Waals surface area contributed by atoms with Gasteiger partial charge in [0.1, 0.15) is 0 Å². The summed E-state index contributed by atoms with van der Waals surface area (Å²) in [6.07, 6.45) is 7.88. The van der Waals surface area contributed by atoms with Gasteiger partial charge in [-0.05, 0) is 34.8 Å². The molecular formula is C11H17BrN2O. The summed E-state index contributed by atoms with van der Waals surface area (Å²) in [7, 11) is 0. The van der Waals surface area contributed by atoms with Gasteiger partial charge < -0.3 is 10.4 Å². The van der Waals surface area contributed by atoms with E-state index in [0.717, 1.165) is 42.4 Å². The van der Waals surface area contributed by atoms with Gasteiger partial charge in [-0.15, -0.1) is 0 Å². The van der Waals surface area contributed by atoms with Crippen LogP contribution in [0.5, 0.6) is 0 Å². The third kappa shape index (κ3) is 5.14. The molecule has 1 rings (SSSR count). The number of aliphatic hydroxyl groups is 1. The van der Waals surface area contributed by atoms with Crippen LogP contribution in [0.4, 0.5) is 5.69 Å². The molecule has 0 saturated heterocycles. The minimum Gasteiger partial charge on any atom is -0.396 e. The summed E-state index contributed by atoms with van der Waals surface area (Å²) in [4.78, 5) is 4.00. The number of aliphatic hydroxyl groups excluding tert-OH is 1. The van der Waals surface area contributed by atoms with Gasteiger partial charge in [-0.1, -0.05) is 12.8 Å². The van der Waals surface area contributed by atoms with Gasteiger partial charge >= 0.3 is 0 Å². The van der Waals surface area contributed by atoms with E-state index in [1.54, 1.807) is 12.4 Å². The van der Waals surface area contributed by atoms with Crippen LogP contribution in [-0.4, -0.2) is 23.2 Å². The minimum absolute atomic E-state index is 0.309. The number of nitrogens with one attached hydrogen (secondary N) is 1. The highest BCUT2D eigenvalue weighted by molar-refractivity contribution is 9.10. The zero-order valence-electron chi connectivity index (χ0n) is 8.75. The smallest absolute Gasteiger partial charge is 0.0590 e. The molecule has 0 aliphatic rings. The van der Waals surface area contributed by atoms with Crippen molar-refractivity contribution < 1.29 is 5.11 Å². The largest absolute Gasteiger partial charge is 0.396 e. The second-order valence-corrected chi connectivity index (χ2v) is 4.27. The number of aromatic nitrogens is 1. The Morgan fingerprint density at radius 2 is 2.07 bits per heavy atom. The first-order valence-corrected chi connectivity index (χ1v) is 6.08. The number of halogens is 1. The zero-order chi connectivity index (χ0) is 10.9. The molecule has 0 radical (unpaired) electrons. The molecule has 1 aromatic heterocycles. The van der Waals surface area contributed by atoms with E-state index in [4.69, 9.17) is 5.11 Å². The fourth-order valence-electron chi connectivity index (χ4n) is 1.33. The molecular weight excluding hydrogens is 256 g/mol. The molecule has 0 saturated carbocycles. The first-order chi connectivity index (χ1) is 7.34. The van der Waals surface area contributed by atoms with Crippen molar-refractivity contribution in [3.8, 4) is 0 Å². The Labute approximate surface area is 99.1 Å². The summed E-state index contributed by atoms with van der Waals surface area (Å²) in [5.74, 6) is 0. The van der Waals surface area contributed by atoms with E-state index in [1.807, 2.05) is 6.07 Å². The van der Waals surface area contributed by atoms with Crippen molar-refractivity contribution in [3.05, 3.63) is 22.9 Å². The molecule has 2 N–H and O–H groups in total. The summed E-state index contributed by atoms with van der Waals surface area (Å²) in [6.45, 7) is 1.28. The van der Waals surface area contributed by atoms with Crippen LogP contribution in [0.15, 0.2) is 22.9 Å². The summed E-state index contributed by atoms with van der Waals surface area (Å²) >= 11 is 3.43. The van der Waals surface area contributed by atoms with Crippen LogP contribution in [0.1, 0.15) is 25.7 Å². The van der Waals surface area contributed by atoms with Gasteiger partial charge in [0.2, 0.25) is 0 Å². The lowest BCUT2D eigenvalue weighted by atomic mass is 10.2. The molecule has 1 heterocycles. The van der Waals surface area contributed by atoms with Crippen molar-refractivity contribution in [2.45, 2.75) is 25.7 Å². The maximum absolute atomic E-state index is 8.61. The molecule has 1 aromatic rings. The van der Waals surface area contributed by atoms with Gasteiger partial charge in [0, 0.05) is 25.5 Å². The number of anilines is 1. The van der Waals surface area contributed by atoms with E-state index in [1.165, 1.54) is 0 Å².